The van der Waals surface area contributed by atoms with E-state index in [0.717, 1.165) is 24.8 Å². The molecule has 0 N–H and O–H groups in total. The average Bonchev–Trinajstić information content (AvgIpc) is 2.42. The summed E-state index contributed by atoms with van der Waals surface area (Å²) in [4.78, 5) is 22.7. The first-order valence-corrected chi connectivity index (χ1v) is 6.57. The lowest BCUT2D eigenvalue weighted by Gasteiger charge is -2.05. The van der Waals surface area contributed by atoms with Crippen LogP contribution < -0.4 is 0 Å². The fourth-order valence-corrected chi connectivity index (χ4v) is 1.50. The Hall–Kier alpha value is -1.84. The third kappa shape index (κ3) is 7.24. The van der Waals surface area contributed by atoms with Crippen molar-refractivity contribution in [2.45, 2.75) is 39.2 Å². The minimum absolute atomic E-state index is 0.183. The number of unbranched alkanes of at least 4 members (excludes halogenated alkanes) is 2. The predicted octanol–water partition coefficient (Wildman–Crippen LogP) is 2.85. The Bertz CT molecular complexity index is 386. The molecular weight excluding hydrogens is 244 g/mol. The van der Waals surface area contributed by atoms with Crippen LogP contribution in [0.25, 0.3) is 0 Å². The van der Waals surface area contributed by atoms with Crippen molar-refractivity contribution < 1.29 is 19.1 Å². The second kappa shape index (κ2) is 9.14. The van der Waals surface area contributed by atoms with Gasteiger partial charge in [-0.1, -0.05) is 50.1 Å². The van der Waals surface area contributed by atoms with Crippen LogP contribution in [0.15, 0.2) is 30.3 Å². The van der Waals surface area contributed by atoms with Gasteiger partial charge in [0.15, 0.2) is 0 Å². The second-order valence-corrected chi connectivity index (χ2v) is 4.25. The molecular formula is C15H20O4. The van der Waals surface area contributed by atoms with Crippen LogP contribution in [0.1, 0.15) is 38.2 Å². The summed E-state index contributed by atoms with van der Waals surface area (Å²) in [5, 5.41) is 0. The highest BCUT2D eigenvalue weighted by Gasteiger charge is 2.11. The van der Waals surface area contributed by atoms with Gasteiger partial charge in [0, 0.05) is 0 Å². The topological polar surface area (TPSA) is 52.6 Å². The minimum atomic E-state index is -0.552. The molecule has 0 bridgehead atoms. The van der Waals surface area contributed by atoms with E-state index < -0.39 is 11.9 Å². The average molecular weight is 264 g/mol. The van der Waals surface area contributed by atoms with E-state index in [1.54, 1.807) is 0 Å². The zero-order chi connectivity index (χ0) is 13.9. The SMILES string of the molecule is CCCCCOC(=O)CC(=O)OCc1ccccc1. The molecule has 0 aromatic heterocycles. The number of rotatable bonds is 8. The van der Waals surface area contributed by atoms with Crippen LogP contribution in [-0.2, 0) is 25.7 Å². The van der Waals surface area contributed by atoms with Gasteiger partial charge in [0.2, 0.25) is 0 Å². The monoisotopic (exact) mass is 264 g/mol. The molecule has 0 aliphatic heterocycles. The fourth-order valence-electron chi connectivity index (χ4n) is 1.50. The largest absolute Gasteiger partial charge is 0.465 e. The third-order valence-corrected chi connectivity index (χ3v) is 2.54. The van der Waals surface area contributed by atoms with Crippen molar-refractivity contribution in [3.63, 3.8) is 0 Å². The lowest BCUT2D eigenvalue weighted by Crippen LogP contribution is -2.14. The molecule has 4 heteroatoms. The molecule has 0 heterocycles. The van der Waals surface area contributed by atoms with Gasteiger partial charge in [-0.05, 0) is 12.0 Å². The Kier molecular flexibility index (Phi) is 7.32. The molecule has 0 unspecified atom stereocenters. The fraction of sp³-hybridized carbons (Fsp3) is 0.467. The van der Waals surface area contributed by atoms with Crippen LogP contribution in [0.3, 0.4) is 0 Å². The Morgan fingerprint density at radius 1 is 1.00 bits per heavy atom. The molecule has 0 saturated heterocycles. The van der Waals surface area contributed by atoms with Crippen molar-refractivity contribution >= 4 is 11.9 Å². The Morgan fingerprint density at radius 2 is 1.68 bits per heavy atom. The van der Waals surface area contributed by atoms with E-state index in [1.807, 2.05) is 30.3 Å². The van der Waals surface area contributed by atoms with Gasteiger partial charge in [-0.2, -0.15) is 0 Å². The number of carbonyl (C=O) groups excluding carboxylic acids is 2. The maximum absolute atomic E-state index is 11.4. The van der Waals surface area contributed by atoms with E-state index in [9.17, 15) is 9.59 Å². The quantitative estimate of drug-likeness (QED) is 0.411. The first-order chi connectivity index (χ1) is 9.22. The summed E-state index contributed by atoms with van der Waals surface area (Å²) in [5.41, 5.74) is 0.896. The van der Waals surface area contributed by atoms with Crippen molar-refractivity contribution in [2.24, 2.45) is 0 Å². The number of carbonyl (C=O) groups is 2. The van der Waals surface area contributed by atoms with Gasteiger partial charge in [-0.25, -0.2) is 0 Å². The highest BCUT2D eigenvalue weighted by atomic mass is 16.6. The van der Waals surface area contributed by atoms with Crippen molar-refractivity contribution in [2.75, 3.05) is 6.61 Å². The number of hydrogen-bond donors (Lipinski definition) is 0. The highest BCUT2D eigenvalue weighted by molar-refractivity contribution is 5.91. The van der Waals surface area contributed by atoms with Gasteiger partial charge in [-0.15, -0.1) is 0 Å². The molecule has 0 fully saturated rings. The van der Waals surface area contributed by atoms with Crippen molar-refractivity contribution in [1.29, 1.82) is 0 Å². The molecule has 0 aliphatic rings. The summed E-state index contributed by atoms with van der Waals surface area (Å²) in [6.45, 7) is 2.63. The Balaban J connectivity index is 2.15. The molecule has 1 aromatic rings. The first kappa shape index (κ1) is 15.2. The van der Waals surface area contributed by atoms with Crippen molar-refractivity contribution in [3.05, 3.63) is 35.9 Å². The van der Waals surface area contributed by atoms with Crippen LogP contribution >= 0.6 is 0 Å². The number of hydrogen-bond acceptors (Lipinski definition) is 4. The van der Waals surface area contributed by atoms with E-state index in [-0.39, 0.29) is 13.0 Å². The van der Waals surface area contributed by atoms with Crippen LogP contribution in [-0.4, -0.2) is 18.5 Å². The summed E-state index contributed by atoms with van der Waals surface area (Å²) in [5.74, 6) is -1.07. The Labute approximate surface area is 113 Å². The maximum Gasteiger partial charge on any atom is 0.317 e. The summed E-state index contributed by atoms with van der Waals surface area (Å²) in [6.07, 6.45) is 2.60. The molecule has 19 heavy (non-hydrogen) atoms. The van der Waals surface area contributed by atoms with Gasteiger partial charge in [-0.3, -0.25) is 9.59 Å². The van der Waals surface area contributed by atoms with E-state index in [2.05, 4.69) is 6.92 Å². The lowest BCUT2D eigenvalue weighted by atomic mass is 10.2. The van der Waals surface area contributed by atoms with E-state index in [4.69, 9.17) is 9.47 Å². The number of benzene rings is 1. The van der Waals surface area contributed by atoms with Gasteiger partial charge in [0.05, 0.1) is 6.61 Å². The second-order valence-electron chi connectivity index (χ2n) is 4.25. The van der Waals surface area contributed by atoms with Gasteiger partial charge in [0.1, 0.15) is 13.0 Å². The summed E-state index contributed by atoms with van der Waals surface area (Å²) in [6, 6.07) is 9.34. The lowest BCUT2D eigenvalue weighted by molar-refractivity contribution is -0.155. The third-order valence-electron chi connectivity index (χ3n) is 2.54. The van der Waals surface area contributed by atoms with E-state index >= 15 is 0 Å². The number of esters is 2. The molecule has 1 aromatic carbocycles. The zero-order valence-electron chi connectivity index (χ0n) is 11.3. The molecule has 0 saturated carbocycles. The standard InChI is InChI=1S/C15H20O4/c1-2-3-7-10-18-14(16)11-15(17)19-12-13-8-5-4-6-9-13/h4-6,8-9H,2-3,7,10-12H2,1H3. The van der Waals surface area contributed by atoms with Gasteiger partial charge in [0.25, 0.3) is 0 Å². The molecule has 0 atom stereocenters. The molecule has 1 rings (SSSR count). The summed E-state index contributed by atoms with van der Waals surface area (Å²) >= 11 is 0. The maximum atomic E-state index is 11.4. The molecule has 0 spiro atoms. The zero-order valence-corrected chi connectivity index (χ0v) is 11.3. The van der Waals surface area contributed by atoms with Gasteiger partial charge >= 0.3 is 11.9 Å². The summed E-state index contributed by atoms with van der Waals surface area (Å²) in [7, 11) is 0. The predicted molar refractivity (Wildman–Crippen MR) is 71.3 cm³/mol. The molecule has 0 aliphatic carbocycles. The van der Waals surface area contributed by atoms with Crippen LogP contribution in [0, 0.1) is 0 Å². The van der Waals surface area contributed by atoms with Crippen LogP contribution in [0.5, 0.6) is 0 Å². The van der Waals surface area contributed by atoms with E-state index in [0.29, 0.717) is 6.61 Å². The van der Waals surface area contributed by atoms with Gasteiger partial charge < -0.3 is 9.47 Å². The van der Waals surface area contributed by atoms with Crippen molar-refractivity contribution in [1.82, 2.24) is 0 Å². The van der Waals surface area contributed by atoms with Crippen LogP contribution in [0.2, 0.25) is 0 Å². The first-order valence-electron chi connectivity index (χ1n) is 6.57. The van der Waals surface area contributed by atoms with Crippen LogP contribution in [0.4, 0.5) is 0 Å². The van der Waals surface area contributed by atoms with E-state index in [1.165, 1.54) is 0 Å². The molecule has 0 amide bonds. The minimum Gasteiger partial charge on any atom is -0.465 e. The molecule has 4 nitrogen and oxygen atoms in total. The summed E-state index contributed by atoms with van der Waals surface area (Å²) < 4.78 is 9.91. The normalized spacial score (nSPS) is 9.95. The number of ether oxygens (including phenoxy) is 2. The smallest absolute Gasteiger partial charge is 0.317 e. The van der Waals surface area contributed by atoms with Crippen molar-refractivity contribution in [3.8, 4) is 0 Å². The highest BCUT2D eigenvalue weighted by Crippen LogP contribution is 2.02. The molecule has 0 radical (unpaired) electrons. The Morgan fingerprint density at radius 3 is 2.37 bits per heavy atom. The molecule has 104 valence electrons.